The van der Waals surface area contributed by atoms with Gasteiger partial charge in [-0.2, -0.15) is 0 Å². The van der Waals surface area contributed by atoms with Gasteiger partial charge in [0.25, 0.3) is 0 Å². The lowest BCUT2D eigenvalue weighted by Gasteiger charge is -2.21. The highest BCUT2D eigenvalue weighted by atomic mass is 31.2. The number of carbonyl (C=O) groups excluding carboxylic acids is 4. The van der Waals surface area contributed by atoms with E-state index in [1.165, 1.54) is 231 Å². The van der Waals surface area contributed by atoms with Gasteiger partial charge in [-0.15, -0.1) is 0 Å². The Balaban J connectivity index is 5.19. The summed E-state index contributed by atoms with van der Waals surface area (Å²) < 4.78 is 68.6. The molecule has 0 heterocycles. The van der Waals surface area contributed by atoms with E-state index < -0.39 is 97.5 Å². The van der Waals surface area contributed by atoms with E-state index in [4.69, 9.17) is 37.0 Å². The molecule has 0 aromatic carbocycles. The number of hydrogen-bond acceptors (Lipinski definition) is 15. The first-order valence-electron chi connectivity index (χ1n) is 41.5. The summed E-state index contributed by atoms with van der Waals surface area (Å²) in [5, 5.41) is 10.6. The van der Waals surface area contributed by atoms with Crippen molar-refractivity contribution in [2.75, 3.05) is 39.6 Å². The summed E-state index contributed by atoms with van der Waals surface area (Å²) in [5.41, 5.74) is 0. The van der Waals surface area contributed by atoms with Gasteiger partial charge in [0.2, 0.25) is 0 Å². The van der Waals surface area contributed by atoms with Crippen LogP contribution in [0.15, 0.2) is 0 Å². The van der Waals surface area contributed by atoms with Crippen LogP contribution in [0, 0.1) is 11.8 Å². The zero-order chi connectivity index (χ0) is 72.8. The predicted octanol–water partition coefficient (Wildman–Crippen LogP) is 23.9. The number of rotatable bonds is 79. The summed E-state index contributed by atoms with van der Waals surface area (Å²) in [7, 11) is -9.91. The first-order chi connectivity index (χ1) is 47.9. The number of phosphoric ester groups is 2. The molecular weight excluding hydrogens is 1290 g/mol. The molecule has 5 atom stereocenters. The number of phosphoric acid groups is 2. The Morgan fingerprint density at radius 3 is 0.687 bits per heavy atom. The van der Waals surface area contributed by atoms with E-state index in [0.29, 0.717) is 37.5 Å². The third kappa shape index (κ3) is 74.1. The zero-order valence-electron chi connectivity index (χ0n) is 64.8. The largest absolute Gasteiger partial charge is 0.472 e. The van der Waals surface area contributed by atoms with E-state index in [2.05, 4.69) is 41.5 Å². The number of carbonyl (C=O) groups is 4. The van der Waals surface area contributed by atoms with Crippen molar-refractivity contribution in [3.8, 4) is 0 Å². The molecule has 0 bridgehead atoms. The molecule has 0 rings (SSSR count). The van der Waals surface area contributed by atoms with Gasteiger partial charge in [0.15, 0.2) is 12.2 Å². The maximum absolute atomic E-state index is 13.1. The quantitative estimate of drug-likeness (QED) is 0.0222. The molecule has 0 aliphatic heterocycles. The Morgan fingerprint density at radius 2 is 0.465 bits per heavy atom. The standard InChI is InChI=1S/C80H156O17P2/c1-7-9-11-13-15-17-19-21-23-25-27-29-31-33-35-37-39-45-52-58-64-79(84)96-75(68-90-77(82)62-56-50-44-38-36-34-32-30-28-26-24-22-20-18-16-14-12-10-8-2)70-94-98(86,87)92-66-74(81)67-93-99(88,89)95-71-76(97-80(85)65-59-53-47-41-43-49-55-61-73(5)6)69-91-78(83)63-57-51-46-40-42-48-54-60-72(3)4/h72-76,81H,7-71H2,1-6H3,(H,86,87)(H,88,89)/t74-,75-,76-/m1/s1. The van der Waals surface area contributed by atoms with Gasteiger partial charge in [0.05, 0.1) is 26.4 Å². The van der Waals surface area contributed by atoms with Crippen molar-refractivity contribution in [1.82, 2.24) is 0 Å². The number of hydrogen-bond donors (Lipinski definition) is 3. The topological polar surface area (TPSA) is 237 Å². The number of aliphatic hydroxyl groups excluding tert-OH is 1. The summed E-state index contributed by atoms with van der Waals surface area (Å²) in [6.45, 7) is 9.50. The predicted molar refractivity (Wildman–Crippen MR) is 405 cm³/mol. The molecule has 17 nitrogen and oxygen atoms in total. The van der Waals surface area contributed by atoms with Crippen LogP contribution in [0.25, 0.3) is 0 Å². The molecule has 588 valence electrons. The smallest absolute Gasteiger partial charge is 0.462 e. The van der Waals surface area contributed by atoms with Crippen LogP contribution >= 0.6 is 15.6 Å². The van der Waals surface area contributed by atoms with Crippen molar-refractivity contribution >= 4 is 39.5 Å². The van der Waals surface area contributed by atoms with Crippen molar-refractivity contribution in [2.45, 2.75) is 439 Å². The average molecular weight is 1450 g/mol. The molecule has 0 amide bonds. The Bertz CT molecular complexity index is 1910. The number of ether oxygens (including phenoxy) is 4. The molecule has 0 aromatic heterocycles. The van der Waals surface area contributed by atoms with Crippen LogP contribution in [0.3, 0.4) is 0 Å². The third-order valence-electron chi connectivity index (χ3n) is 18.7. The molecule has 99 heavy (non-hydrogen) atoms. The summed E-state index contributed by atoms with van der Waals surface area (Å²) in [6, 6.07) is 0. The van der Waals surface area contributed by atoms with Crippen molar-refractivity contribution in [2.24, 2.45) is 11.8 Å². The SMILES string of the molecule is CCCCCCCCCCCCCCCCCCCCCCC(=O)O[C@H](COC(=O)CCCCCCCCCCCCCCCCCCCCC)COP(=O)(O)OC[C@@H](O)COP(=O)(O)OC[C@@H](COC(=O)CCCCCCCCCC(C)C)OC(=O)CCCCCCCCCC(C)C. The molecule has 0 aliphatic rings. The highest BCUT2D eigenvalue weighted by molar-refractivity contribution is 7.47. The lowest BCUT2D eigenvalue weighted by Crippen LogP contribution is -2.30. The molecule has 0 aliphatic carbocycles. The van der Waals surface area contributed by atoms with Gasteiger partial charge < -0.3 is 33.8 Å². The van der Waals surface area contributed by atoms with Crippen LogP contribution in [-0.2, 0) is 65.4 Å². The van der Waals surface area contributed by atoms with Gasteiger partial charge in [-0.1, -0.05) is 369 Å². The molecule has 3 N–H and O–H groups in total. The van der Waals surface area contributed by atoms with Gasteiger partial charge in [0.1, 0.15) is 19.3 Å². The molecule has 0 fully saturated rings. The minimum atomic E-state index is -4.96. The van der Waals surface area contributed by atoms with E-state index >= 15 is 0 Å². The molecule has 0 saturated heterocycles. The van der Waals surface area contributed by atoms with Crippen LogP contribution in [0.1, 0.15) is 420 Å². The number of aliphatic hydroxyl groups is 1. The lowest BCUT2D eigenvalue weighted by atomic mass is 10.0. The fourth-order valence-electron chi connectivity index (χ4n) is 12.4. The van der Waals surface area contributed by atoms with Crippen molar-refractivity contribution in [3.63, 3.8) is 0 Å². The first kappa shape index (κ1) is 97.1. The Kier molecular flexibility index (Phi) is 70.3. The van der Waals surface area contributed by atoms with Crippen LogP contribution in [0.4, 0.5) is 0 Å². The first-order valence-corrected chi connectivity index (χ1v) is 44.5. The van der Waals surface area contributed by atoms with Crippen molar-refractivity contribution in [3.05, 3.63) is 0 Å². The Hall–Kier alpha value is -1.94. The highest BCUT2D eigenvalue weighted by Crippen LogP contribution is 2.45. The third-order valence-corrected chi connectivity index (χ3v) is 20.6. The summed E-state index contributed by atoms with van der Waals surface area (Å²) in [4.78, 5) is 72.9. The van der Waals surface area contributed by atoms with E-state index in [1.807, 2.05) is 0 Å². The van der Waals surface area contributed by atoms with E-state index in [1.54, 1.807) is 0 Å². The van der Waals surface area contributed by atoms with Crippen molar-refractivity contribution < 1.29 is 80.2 Å². The molecular formula is C80H156O17P2. The van der Waals surface area contributed by atoms with Gasteiger partial charge in [-0.05, 0) is 37.5 Å². The van der Waals surface area contributed by atoms with Gasteiger partial charge in [-0.25, -0.2) is 9.13 Å². The number of unbranched alkanes of at least 4 members (excludes halogenated alkanes) is 49. The lowest BCUT2D eigenvalue weighted by molar-refractivity contribution is -0.161. The Morgan fingerprint density at radius 1 is 0.273 bits per heavy atom. The second-order valence-electron chi connectivity index (χ2n) is 29.8. The Labute approximate surface area is 607 Å². The fraction of sp³-hybridized carbons (Fsp3) is 0.950. The molecule has 0 saturated carbocycles. The fourth-order valence-corrected chi connectivity index (χ4v) is 13.9. The highest BCUT2D eigenvalue weighted by Gasteiger charge is 2.30. The number of esters is 4. The van der Waals surface area contributed by atoms with E-state index in [0.717, 1.165) is 96.3 Å². The van der Waals surface area contributed by atoms with E-state index in [-0.39, 0.29) is 25.7 Å². The summed E-state index contributed by atoms with van der Waals surface area (Å²) >= 11 is 0. The van der Waals surface area contributed by atoms with Crippen LogP contribution in [0.2, 0.25) is 0 Å². The maximum atomic E-state index is 13.1. The molecule has 0 spiro atoms. The average Bonchev–Trinajstić information content (AvgIpc) is 1.39. The monoisotopic (exact) mass is 1450 g/mol. The summed E-state index contributed by atoms with van der Waals surface area (Å²) in [6.07, 6.45) is 61.5. The second-order valence-corrected chi connectivity index (χ2v) is 32.7. The van der Waals surface area contributed by atoms with Gasteiger partial charge in [-0.3, -0.25) is 37.3 Å². The maximum Gasteiger partial charge on any atom is 0.472 e. The van der Waals surface area contributed by atoms with Crippen LogP contribution in [0.5, 0.6) is 0 Å². The van der Waals surface area contributed by atoms with Gasteiger partial charge >= 0.3 is 39.5 Å². The normalized spacial score (nSPS) is 13.9. The van der Waals surface area contributed by atoms with Gasteiger partial charge in [0, 0.05) is 25.7 Å². The van der Waals surface area contributed by atoms with E-state index in [9.17, 15) is 43.2 Å². The van der Waals surface area contributed by atoms with Crippen LogP contribution in [-0.4, -0.2) is 96.7 Å². The minimum absolute atomic E-state index is 0.103. The zero-order valence-corrected chi connectivity index (χ0v) is 66.6. The van der Waals surface area contributed by atoms with Crippen LogP contribution < -0.4 is 0 Å². The summed E-state index contributed by atoms with van der Waals surface area (Å²) in [5.74, 6) is -0.715. The molecule has 0 radical (unpaired) electrons. The second kappa shape index (κ2) is 71.7. The molecule has 19 heteroatoms. The molecule has 2 unspecified atom stereocenters. The minimum Gasteiger partial charge on any atom is -0.462 e. The molecule has 0 aromatic rings. The van der Waals surface area contributed by atoms with Crippen molar-refractivity contribution in [1.29, 1.82) is 0 Å².